The van der Waals surface area contributed by atoms with Crippen LogP contribution in [0.5, 0.6) is 23.0 Å². The second kappa shape index (κ2) is 6.91. The van der Waals surface area contributed by atoms with E-state index >= 15 is 0 Å². The lowest BCUT2D eigenvalue weighted by molar-refractivity contribution is 0.102. The van der Waals surface area contributed by atoms with Crippen molar-refractivity contribution >= 4 is 11.6 Å². The average Bonchev–Trinajstić information content (AvgIpc) is 2.55. The fourth-order valence-corrected chi connectivity index (χ4v) is 2.15. The summed E-state index contributed by atoms with van der Waals surface area (Å²) in [6.07, 6.45) is 0. The van der Waals surface area contributed by atoms with Crippen LogP contribution in [0.1, 0.15) is 15.9 Å². The number of nitrogens with one attached hydrogen (secondary N) is 1. The topological polar surface area (TPSA) is 77.0 Å². The highest BCUT2D eigenvalue weighted by atomic mass is 16.5. The van der Waals surface area contributed by atoms with E-state index < -0.39 is 5.91 Å². The van der Waals surface area contributed by atoms with E-state index in [0.29, 0.717) is 28.5 Å². The SMILES string of the molecule is COc1cc(C(=O)Nc2ccc(C)cc2O)cc(OC)c1OC. The molecule has 1 amide bonds. The predicted molar refractivity (Wildman–Crippen MR) is 86.9 cm³/mol. The summed E-state index contributed by atoms with van der Waals surface area (Å²) in [5.41, 5.74) is 1.54. The van der Waals surface area contributed by atoms with Crippen LogP contribution in [0.15, 0.2) is 30.3 Å². The Morgan fingerprint density at radius 3 is 2.09 bits per heavy atom. The van der Waals surface area contributed by atoms with Crippen molar-refractivity contribution in [3.8, 4) is 23.0 Å². The smallest absolute Gasteiger partial charge is 0.256 e. The van der Waals surface area contributed by atoms with Crippen LogP contribution in [-0.4, -0.2) is 32.3 Å². The molecule has 2 aromatic carbocycles. The number of phenols is 1. The summed E-state index contributed by atoms with van der Waals surface area (Å²) >= 11 is 0. The second-order valence-electron chi connectivity index (χ2n) is 4.89. The van der Waals surface area contributed by atoms with Crippen LogP contribution in [0.25, 0.3) is 0 Å². The first-order valence-corrected chi connectivity index (χ1v) is 6.91. The van der Waals surface area contributed by atoms with Gasteiger partial charge in [-0.05, 0) is 36.8 Å². The van der Waals surface area contributed by atoms with Crippen LogP contribution >= 0.6 is 0 Å². The number of rotatable bonds is 5. The van der Waals surface area contributed by atoms with Crippen molar-refractivity contribution in [3.05, 3.63) is 41.5 Å². The lowest BCUT2D eigenvalue weighted by Crippen LogP contribution is -2.12. The summed E-state index contributed by atoms with van der Waals surface area (Å²) in [6.45, 7) is 1.85. The van der Waals surface area contributed by atoms with Gasteiger partial charge in [0.25, 0.3) is 5.91 Å². The van der Waals surface area contributed by atoms with Crippen LogP contribution in [0.2, 0.25) is 0 Å². The van der Waals surface area contributed by atoms with Gasteiger partial charge in [0.2, 0.25) is 5.75 Å². The molecule has 0 aliphatic rings. The Hall–Kier alpha value is -2.89. The molecule has 6 heteroatoms. The number of anilines is 1. The Morgan fingerprint density at radius 1 is 1.00 bits per heavy atom. The summed E-state index contributed by atoms with van der Waals surface area (Å²) in [6, 6.07) is 8.10. The van der Waals surface area contributed by atoms with Crippen molar-refractivity contribution in [2.75, 3.05) is 26.6 Å². The highest BCUT2D eigenvalue weighted by Crippen LogP contribution is 2.38. The summed E-state index contributed by atoms with van der Waals surface area (Å²) in [4.78, 5) is 12.4. The maximum Gasteiger partial charge on any atom is 0.256 e. The molecule has 0 saturated carbocycles. The number of hydrogen-bond acceptors (Lipinski definition) is 5. The van der Waals surface area contributed by atoms with E-state index in [9.17, 15) is 9.90 Å². The molecule has 2 N–H and O–H groups in total. The lowest BCUT2D eigenvalue weighted by atomic mass is 10.1. The van der Waals surface area contributed by atoms with Gasteiger partial charge in [0, 0.05) is 5.56 Å². The van der Waals surface area contributed by atoms with Gasteiger partial charge in [-0.15, -0.1) is 0 Å². The average molecular weight is 317 g/mol. The zero-order valence-corrected chi connectivity index (χ0v) is 13.5. The molecule has 0 atom stereocenters. The van der Waals surface area contributed by atoms with Crippen LogP contribution in [0.4, 0.5) is 5.69 Å². The first-order chi connectivity index (χ1) is 11.0. The van der Waals surface area contributed by atoms with Gasteiger partial charge < -0.3 is 24.6 Å². The van der Waals surface area contributed by atoms with Crippen LogP contribution in [0, 0.1) is 6.92 Å². The van der Waals surface area contributed by atoms with E-state index in [1.54, 1.807) is 30.3 Å². The molecule has 23 heavy (non-hydrogen) atoms. The molecule has 0 radical (unpaired) electrons. The van der Waals surface area contributed by atoms with Crippen molar-refractivity contribution in [2.45, 2.75) is 6.92 Å². The third-order valence-electron chi connectivity index (χ3n) is 3.33. The minimum absolute atomic E-state index is 0.00536. The first kappa shape index (κ1) is 16.5. The van der Waals surface area contributed by atoms with E-state index in [0.717, 1.165) is 5.56 Å². The number of benzene rings is 2. The van der Waals surface area contributed by atoms with Crippen LogP contribution in [-0.2, 0) is 0 Å². The van der Waals surface area contributed by atoms with E-state index in [2.05, 4.69) is 5.32 Å². The molecule has 0 aliphatic heterocycles. The molecule has 0 saturated heterocycles. The molecule has 0 bridgehead atoms. The maximum absolute atomic E-state index is 12.4. The van der Waals surface area contributed by atoms with Gasteiger partial charge >= 0.3 is 0 Å². The molecule has 122 valence electrons. The van der Waals surface area contributed by atoms with Crippen molar-refractivity contribution in [1.82, 2.24) is 0 Å². The highest BCUT2D eigenvalue weighted by Gasteiger charge is 2.17. The van der Waals surface area contributed by atoms with Gasteiger partial charge in [-0.2, -0.15) is 0 Å². The standard InChI is InChI=1S/C17H19NO5/c1-10-5-6-12(13(19)7-10)18-17(20)11-8-14(21-2)16(23-4)15(9-11)22-3/h5-9,19H,1-4H3,(H,18,20). The number of ether oxygens (including phenoxy) is 3. The largest absolute Gasteiger partial charge is 0.506 e. The van der Waals surface area contributed by atoms with Gasteiger partial charge in [0.05, 0.1) is 27.0 Å². The van der Waals surface area contributed by atoms with Crippen molar-refractivity contribution in [2.24, 2.45) is 0 Å². The molecule has 0 spiro atoms. The molecule has 0 aromatic heterocycles. The quantitative estimate of drug-likeness (QED) is 0.829. The molecule has 0 unspecified atom stereocenters. The second-order valence-corrected chi connectivity index (χ2v) is 4.89. The molecule has 2 aromatic rings. The molecule has 0 heterocycles. The number of aryl methyl sites for hydroxylation is 1. The number of phenolic OH excluding ortho intramolecular Hbond substituents is 1. The Balaban J connectivity index is 2.35. The van der Waals surface area contributed by atoms with E-state index in [-0.39, 0.29) is 5.75 Å². The highest BCUT2D eigenvalue weighted by molar-refractivity contribution is 6.05. The fourth-order valence-electron chi connectivity index (χ4n) is 2.15. The molecular formula is C17H19NO5. The number of aromatic hydroxyl groups is 1. The van der Waals surface area contributed by atoms with E-state index in [4.69, 9.17) is 14.2 Å². The van der Waals surface area contributed by atoms with Crippen LogP contribution < -0.4 is 19.5 Å². The minimum Gasteiger partial charge on any atom is -0.506 e. The fraction of sp³-hybridized carbons (Fsp3) is 0.235. The monoisotopic (exact) mass is 317 g/mol. The van der Waals surface area contributed by atoms with Gasteiger partial charge in [-0.3, -0.25) is 4.79 Å². The molecule has 0 fully saturated rings. The maximum atomic E-state index is 12.4. The number of carbonyl (C=O) groups is 1. The molecule has 6 nitrogen and oxygen atoms in total. The van der Waals surface area contributed by atoms with Gasteiger partial charge in [-0.25, -0.2) is 0 Å². The number of hydrogen-bond donors (Lipinski definition) is 2. The van der Waals surface area contributed by atoms with Gasteiger partial charge in [0.15, 0.2) is 11.5 Å². The Morgan fingerprint density at radius 2 is 1.61 bits per heavy atom. The Kier molecular flexibility index (Phi) is 4.95. The van der Waals surface area contributed by atoms with Crippen molar-refractivity contribution in [3.63, 3.8) is 0 Å². The van der Waals surface area contributed by atoms with E-state index in [1.165, 1.54) is 21.3 Å². The zero-order valence-electron chi connectivity index (χ0n) is 13.5. The number of carbonyl (C=O) groups excluding carboxylic acids is 1. The molecule has 0 aliphatic carbocycles. The predicted octanol–water partition coefficient (Wildman–Crippen LogP) is 2.98. The van der Waals surface area contributed by atoms with Gasteiger partial charge in [0.1, 0.15) is 5.75 Å². The number of methoxy groups -OCH3 is 3. The summed E-state index contributed by atoms with van der Waals surface area (Å²) < 4.78 is 15.7. The third kappa shape index (κ3) is 3.48. The summed E-state index contributed by atoms with van der Waals surface area (Å²) in [5.74, 6) is 0.772. The molecular weight excluding hydrogens is 298 g/mol. The summed E-state index contributed by atoms with van der Waals surface area (Å²) in [5, 5.41) is 12.5. The van der Waals surface area contributed by atoms with Gasteiger partial charge in [-0.1, -0.05) is 6.07 Å². The molecule has 2 rings (SSSR count). The number of amides is 1. The first-order valence-electron chi connectivity index (χ1n) is 6.91. The zero-order chi connectivity index (χ0) is 17.0. The van der Waals surface area contributed by atoms with E-state index in [1.807, 2.05) is 6.92 Å². The minimum atomic E-state index is -0.400. The third-order valence-corrected chi connectivity index (χ3v) is 3.33. The Bertz CT molecular complexity index is 702. The van der Waals surface area contributed by atoms with Crippen LogP contribution in [0.3, 0.4) is 0 Å². The van der Waals surface area contributed by atoms with Crippen molar-refractivity contribution < 1.29 is 24.1 Å². The lowest BCUT2D eigenvalue weighted by Gasteiger charge is -2.14. The Labute approximate surface area is 134 Å². The summed E-state index contributed by atoms with van der Waals surface area (Å²) in [7, 11) is 4.44. The normalized spacial score (nSPS) is 10.1. The van der Waals surface area contributed by atoms with Crippen molar-refractivity contribution in [1.29, 1.82) is 0 Å².